The van der Waals surface area contributed by atoms with Gasteiger partial charge in [-0.25, -0.2) is 0 Å². The molecule has 3 heteroatoms. The summed E-state index contributed by atoms with van der Waals surface area (Å²) < 4.78 is 4.88. The van der Waals surface area contributed by atoms with Gasteiger partial charge in [0.25, 0.3) is 0 Å². The fourth-order valence-corrected chi connectivity index (χ4v) is 1.04. The average molecular weight is 198 g/mol. The van der Waals surface area contributed by atoms with E-state index in [9.17, 15) is 4.79 Å². The number of hydrogen-bond acceptors (Lipinski definition) is 2. The van der Waals surface area contributed by atoms with Crippen molar-refractivity contribution < 1.29 is 9.53 Å². The van der Waals surface area contributed by atoms with E-state index in [0.717, 1.165) is 5.56 Å². The number of ether oxygens (including phenoxy) is 1. The first-order valence-electron chi connectivity index (χ1n) is 3.93. The second-order valence-electron chi connectivity index (χ2n) is 2.49. The Balaban J connectivity index is 2.54. The second-order valence-corrected chi connectivity index (χ2v) is 2.89. The SMILES string of the molecule is C[CH]C(=O)OCc1ccccc1Cl. The number of esters is 1. The Bertz CT molecular complexity index is 297. The van der Waals surface area contributed by atoms with Gasteiger partial charge in [0.1, 0.15) is 6.61 Å². The van der Waals surface area contributed by atoms with Crippen molar-refractivity contribution >= 4 is 17.6 Å². The molecule has 0 spiro atoms. The van der Waals surface area contributed by atoms with Gasteiger partial charge >= 0.3 is 5.97 Å². The fraction of sp³-hybridized carbons (Fsp3) is 0.200. The largest absolute Gasteiger partial charge is 0.461 e. The number of carbonyl (C=O) groups is 1. The molecule has 1 aromatic carbocycles. The summed E-state index contributed by atoms with van der Waals surface area (Å²) in [6, 6.07) is 7.27. The van der Waals surface area contributed by atoms with Gasteiger partial charge in [0.15, 0.2) is 0 Å². The molecule has 0 amide bonds. The Hall–Kier alpha value is -1.02. The summed E-state index contributed by atoms with van der Waals surface area (Å²) in [6.45, 7) is 1.86. The zero-order valence-corrected chi connectivity index (χ0v) is 8.04. The van der Waals surface area contributed by atoms with Crippen molar-refractivity contribution in [3.63, 3.8) is 0 Å². The molecule has 0 heterocycles. The molecule has 0 aliphatic heterocycles. The lowest BCUT2D eigenvalue weighted by Crippen LogP contribution is -2.03. The highest BCUT2D eigenvalue weighted by Crippen LogP contribution is 2.15. The van der Waals surface area contributed by atoms with E-state index in [1.54, 1.807) is 13.0 Å². The Kier molecular flexibility index (Phi) is 3.77. The van der Waals surface area contributed by atoms with Crippen LogP contribution in [0.2, 0.25) is 5.02 Å². The zero-order valence-electron chi connectivity index (χ0n) is 7.29. The molecule has 69 valence electrons. The van der Waals surface area contributed by atoms with Gasteiger partial charge in [-0.15, -0.1) is 0 Å². The van der Waals surface area contributed by atoms with Gasteiger partial charge in [-0.2, -0.15) is 0 Å². The summed E-state index contributed by atoms with van der Waals surface area (Å²) in [7, 11) is 0. The molecule has 0 aliphatic carbocycles. The maximum absolute atomic E-state index is 10.8. The predicted molar refractivity (Wildman–Crippen MR) is 51.2 cm³/mol. The van der Waals surface area contributed by atoms with Crippen molar-refractivity contribution in [1.82, 2.24) is 0 Å². The average Bonchev–Trinajstić information content (AvgIpc) is 2.16. The lowest BCUT2D eigenvalue weighted by Gasteiger charge is -2.04. The van der Waals surface area contributed by atoms with E-state index in [0.29, 0.717) is 5.02 Å². The van der Waals surface area contributed by atoms with Crippen molar-refractivity contribution in [2.24, 2.45) is 0 Å². The van der Waals surface area contributed by atoms with Gasteiger partial charge in [0.05, 0.1) is 6.42 Å². The number of halogens is 1. The molecule has 13 heavy (non-hydrogen) atoms. The van der Waals surface area contributed by atoms with Crippen LogP contribution < -0.4 is 0 Å². The lowest BCUT2D eigenvalue weighted by molar-refractivity contribution is -0.140. The van der Waals surface area contributed by atoms with Gasteiger partial charge in [0, 0.05) is 10.6 Å². The Labute approximate surface area is 82.5 Å². The van der Waals surface area contributed by atoms with Crippen molar-refractivity contribution in [2.75, 3.05) is 0 Å². The summed E-state index contributed by atoms with van der Waals surface area (Å²) in [5.41, 5.74) is 0.819. The van der Waals surface area contributed by atoms with Crippen LogP contribution in [0.5, 0.6) is 0 Å². The van der Waals surface area contributed by atoms with E-state index in [1.807, 2.05) is 18.2 Å². The first-order chi connectivity index (χ1) is 6.24. The number of hydrogen-bond donors (Lipinski definition) is 0. The normalized spacial score (nSPS) is 9.69. The Morgan fingerprint density at radius 1 is 1.54 bits per heavy atom. The molecule has 0 saturated heterocycles. The minimum Gasteiger partial charge on any atom is -0.461 e. The highest BCUT2D eigenvalue weighted by Gasteiger charge is 2.02. The summed E-state index contributed by atoms with van der Waals surface area (Å²) >= 11 is 5.85. The van der Waals surface area contributed by atoms with E-state index in [-0.39, 0.29) is 12.6 Å². The smallest absolute Gasteiger partial charge is 0.309 e. The van der Waals surface area contributed by atoms with Gasteiger partial charge in [-0.3, -0.25) is 4.79 Å². The number of carbonyl (C=O) groups excluding carboxylic acids is 1. The maximum atomic E-state index is 10.8. The van der Waals surface area contributed by atoms with Crippen LogP contribution in [0.4, 0.5) is 0 Å². The van der Waals surface area contributed by atoms with Gasteiger partial charge in [-0.05, 0) is 6.07 Å². The third kappa shape index (κ3) is 3.07. The first-order valence-corrected chi connectivity index (χ1v) is 4.31. The highest BCUT2D eigenvalue weighted by molar-refractivity contribution is 6.31. The van der Waals surface area contributed by atoms with E-state index in [4.69, 9.17) is 16.3 Å². The van der Waals surface area contributed by atoms with Crippen LogP contribution in [-0.4, -0.2) is 5.97 Å². The Morgan fingerprint density at radius 3 is 2.85 bits per heavy atom. The summed E-state index contributed by atoms with van der Waals surface area (Å²) in [4.78, 5) is 10.8. The quantitative estimate of drug-likeness (QED) is 0.697. The zero-order chi connectivity index (χ0) is 9.68. The van der Waals surface area contributed by atoms with Gasteiger partial charge in [-0.1, -0.05) is 36.7 Å². The lowest BCUT2D eigenvalue weighted by atomic mass is 10.2. The standard InChI is InChI=1S/C10H10ClO2/c1-2-10(12)13-7-8-5-3-4-6-9(8)11/h2-6H,7H2,1H3. The summed E-state index contributed by atoms with van der Waals surface area (Å²) in [5.74, 6) is -0.333. The van der Waals surface area contributed by atoms with Crippen LogP contribution in [0, 0.1) is 6.42 Å². The van der Waals surface area contributed by atoms with Crippen molar-refractivity contribution in [2.45, 2.75) is 13.5 Å². The van der Waals surface area contributed by atoms with E-state index < -0.39 is 0 Å². The molecule has 1 radical (unpaired) electrons. The molecule has 0 fully saturated rings. The van der Waals surface area contributed by atoms with E-state index >= 15 is 0 Å². The van der Waals surface area contributed by atoms with Gasteiger partial charge < -0.3 is 4.74 Å². The minimum atomic E-state index is -0.333. The van der Waals surface area contributed by atoms with Crippen LogP contribution in [0.3, 0.4) is 0 Å². The fourth-order valence-electron chi connectivity index (χ4n) is 0.848. The molecule has 0 aliphatic rings. The number of benzene rings is 1. The minimum absolute atomic E-state index is 0.225. The number of rotatable bonds is 3. The van der Waals surface area contributed by atoms with Gasteiger partial charge in [0.2, 0.25) is 0 Å². The monoisotopic (exact) mass is 197 g/mol. The third-order valence-electron chi connectivity index (χ3n) is 1.56. The van der Waals surface area contributed by atoms with E-state index in [2.05, 4.69) is 0 Å². The predicted octanol–water partition coefficient (Wildman–Crippen LogP) is 2.61. The second kappa shape index (κ2) is 4.87. The topological polar surface area (TPSA) is 26.3 Å². The first kappa shape index (κ1) is 10.1. The van der Waals surface area contributed by atoms with Crippen molar-refractivity contribution in [3.8, 4) is 0 Å². The molecule has 0 atom stereocenters. The third-order valence-corrected chi connectivity index (χ3v) is 1.93. The van der Waals surface area contributed by atoms with Crippen LogP contribution in [0.15, 0.2) is 24.3 Å². The Morgan fingerprint density at radius 2 is 2.23 bits per heavy atom. The molecule has 0 aromatic heterocycles. The maximum Gasteiger partial charge on any atom is 0.309 e. The molecule has 1 rings (SSSR count). The molecule has 2 nitrogen and oxygen atoms in total. The van der Waals surface area contributed by atoms with E-state index in [1.165, 1.54) is 6.42 Å². The van der Waals surface area contributed by atoms with Crippen LogP contribution in [0.1, 0.15) is 12.5 Å². The van der Waals surface area contributed by atoms with Crippen LogP contribution in [0.25, 0.3) is 0 Å². The van der Waals surface area contributed by atoms with Crippen LogP contribution in [-0.2, 0) is 16.1 Å². The molecular formula is C10H10ClO2. The summed E-state index contributed by atoms with van der Waals surface area (Å²) in [6.07, 6.45) is 1.37. The molecule has 0 unspecified atom stereocenters. The van der Waals surface area contributed by atoms with Crippen molar-refractivity contribution in [1.29, 1.82) is 0 Å². The van der Waals surface area contributed by atoms with Crippen LogP contribution >= 0.6 is 11.6 Å². The molecule has 0 saturated carbocycles. The molecular weight excluding hydrogens is 188 g/mol. The van der Waals surface area contributed by atoms with Crippen molar-refractivity contribution in [3.05, 3.63) is 41.3 Å². The highest BCUT2D eigenvalue weighted by atomic mass is 35.5. The molecule has 1 aromatic rings. The summed E-state index contributed by atoms with van der Waals surface area (Å²) in [5, 5.41) is 0.617. The molecule has 0 bridgehead atoms. The molecule has 0 N–H and O–H groups in total.